The highest BCUT2D eigenvalue weighted by Gasteiger charge is 2.18. The highest BCUT2D eigenvalue weighted by Crippen LogP contribution is 2.31. The molecule has 132 valence electrons. The van der Waals surface area contributed by atoms with Gasteiger partial charge in [-0.25, -0.2) is 4.39 Å². The van der Waals surface area contributed by atoms with Gasteiger partial charge >= 0.3 is 0 Å². The van der Waals surface area contributed by atoms with Crippen LogP contribution in [-0.4, -0.2) is 11.1 Å². The Kier molecular flexibility index (Phi) is 5.28. The van der Waals surface area contributed by atoms with Crippen molar-refractivity contribution in [2.45, 2.75) is 6.54 Å². The van der Waals surface area contributed by atoms with Crippen molar-refractivity contribution in [2.75, 3.05) is 0 Å². The number of halogens is 2. The lowest BCUT2D eigenvalue weighted by molar-refractivity contribution is -0.384. The summed E-state index contributed by atoms with van der Waals surface area (Å²) in [6.07, 6.45) is 1.44. The van der Waals surface area contributed by atoms with Gasteiger partial charge in [-0.2, -0.15) is 5.10 Å². The lowest BCUT2D eigenvalue weighted by Gasteiger charge is -2.02. The largest absolute Gasteiger partial charge is 0.455 e. The van der Waals surface area contributed by atoms with Crippen molar-refractivity contribution >= 4 is 23.5 Å². The SMILES string of the molecule is O=[N+]([O-])c1cc(F)ccc1-c1ccc(/C=N\NCc2ccccc2Cl)o1. The van der Waals surface area contributed by atoms with Crippen molar-refractivity contribution in [3.05, 3.63) is 86.9 Å². The van der Waals surface area contributed by atoms with E-state index in [1.165, 1.54) is 12.3 Å². The summed E-state index contributed by atoms with van der Waals surface area (Å²) in [5.41, 5.74) is 3.57. The zero-order chi connectivity index (χ0) is 18.5. The van der Waals surface area contributed by atoms with Gasteiger partial charge in [0, 0.05) is 5.02 Å². The Morgan fingerprint density at radius 2 is 2.04 bits per heavy atom. The van der Waals surface area contributed by atoms with Crippen LogP contribution in [0.25, 0.3) is 11.3 Å². The molecule has 0 spiro atoms. The molecule has 0 aliphatic rings. The van der Waals surface area contributed by atoms with Crippen LogP contribution in [0.2, 0.25) is 5.02 Å². The lowest BCUT2D eigenvalue weighted by Crippen LogP contribution is -2.05. The number of hydrazone groups is 1. The van der Waals surface area contributed by atoms with Gasteiger partial charge in [-0.3, -0.25) is 10.1 Å². The van der Waals surface area contributed by atoms with E-state index in [-0.39, 0.29) is 17.0 Å². The Morgan fingerprint density at radius 3 is 2.81 bits per heavy atom. The molecule has 3 rings (SSSR count). The Morgan fingerprint density at radius 1 is 1.23 bits per heavy atom. The number of hydrogen-bond acceptors (Lipinski definition) is 5. The summed E-state index contributed by atoms with van der Waals surface area (Å²) in [6.45, 7) is 0.438. The molecule has 3 aromatic rings. The van der Waals surface area contributed by atoms with Crippen molar-refractivity contribution in [2.24, 2.45) is 5.10 Å². The van der Waals surface area contributed by atoms with Gasteiger partial charge in [-0.05, 0) is 35.9 Å². The van der Waals surface area contributed by atoms with Crippen LogP contribution in [0.15, 0.2) is 64.1 Å². The van der Waals surface area contributed by atoms with Crippen LogP contribution in [0.3, 0.4) is 0 Å². The summed E-state index contributed by atoms with van der Waals surface area (Å²) >= 11 is 6.05. The fourth-order valence-electron chi connectivity index (χ4n) is 2.31. The molecule has 0 bridgehead atoms. The molecule has 0 radical (unpaired) electrons. The van der Waals surface area contributed by atoms with E-state index in [0.717, 1.165) is 17.7 Å². The second-order valence-corrected chi connectivity index (χ2v) is 5.71. The number of nitro benzene ring substituents is 1. The summed E-state index contributed by atoms with van der Waals surface area (Å²) in [5.74, 6) is -0.0351. The van der Waals surface area contributed by atoms with E-state index >= 15 is 0 Å². The first kappa shape index (κ1) is 17.6. The number of hydrogen-bond donors (Lipinski definition) is 1. The second-order valence-electron chi connectivity index (χ2n) is 5.31. The fraction of sp³-hybridized carbons (Fsp3) is 0.0556. The molecule has 0 unspecified atom stereocenters. The third-order valence-corrected chi connectivity index (χ3v) is 3.93. The van der Waals surface area contributed by atoms with Gasteiger partial charge in [0.2, 0.25) is 0 Å². The van der Waals surface area contributed by atoms with Crippen LogP contribution in [0.5, 0.6) is 0 Å². The molecule has 0 saturated carbocycles. The summed E-state index contributed by atoms with van der Waals surface area (Å²) < 4.78 is 18.8. The van der Waals surface area contributed by atoms with Crippen molar-refractivity contribution in [3.63, 3.8) is 0 Å². The first-order chi connectivity index (χ1) is 12.5. The normalized spacial score (nSPS) is 11.0. The molecule has 0 aliphatic heterocycles. The Bertz CT molecular complexity index is 972. The molecule has 26 heavy (non-hydrogen) atoms. The molecule has 1 N–H and O–H groups in total. The van der Waals surface area contributed by atoms with E-state index in [4.69, 9.17) is 16.0 Å². The van der Waals surface area contributed by atoms with Crippen LogP contribution < -0.4 is 5.43 Å². The molecule has 6 nitrogen and oxygen atoms in total. The van der Waals surface area contributed by atoms with Crippen LogP contribution in [0.1, 0.15) is 11.3 Å². The van der Waals surface area contributed by atoms with E-state index < -0.39 is 10.7 Å². The van der Waals surface area contributed by atoms with E-state index in [2.05, 4.69) is 10.5 Å². The number of benzene rings is 2. The van der Waals surface area contributed by atoms with Gasteiger partial charge in [-0.15, -0.1) is 0 Å². The maximum Gasteiger partial charge on any atom is 0.283 e. The van der Waals surface area contributed by atoms with E-state index in [1.54, 1.807) is 18.2 Å². The third kappa shape index (κ3) is 4.07. The predicted molar refractivity (Wildman–Crippen MR) is 96.6 cm³/mol. The second kappa shape index (κ2) is 7.79. The monoisotopic (exact) mass is 373 g/mol. The molecule has 0 atom stereocenters. The van der Waals surface area contributed by atoms with E-state index in [1.807, 2.05) is 18.2 Å². The van der Waals surface area contributed by atoms with Crippen molar-refractivity contribution in [1.82, 2.24) is 5.43 Å². The predicted octanol–water partition coefficient (Wildman–Crippen LogP) is 4.77. The molecule has 0 aliphatic carbocycles. The van der Waals surface area contributed by atoms with Crippen LogP contribution >= 0.6 is 11.6 Å². The summed E-state index contributed by atoms with van der Waals surface area (Å²) in [6, 6.07) is 13.9. The van der Waals surface area contributed by atoms with Crippen molar-refractivity contribution in [3.8, 4) is 11.3 Å². The van der Waals surface area contributed by atoms with Crippen LogP contribution in [0, 0.1) is 15.9 Å². The minimum absolute atomic E-state index is 0.195. The first-order valence-electron chi connectivity index (χ1n) is 7.58. The van der Waals surface area contributed by atoms with Gasteiger partial charge in [0.05, 0.1) is 29.3 Å². The van der Waals surface area contributed by atoms with E-state index in [0.29, 0.717) is 17.3 Å². The van der Waals surface area contributed by atoms with Gasteiger partial charge < -0.3 is 9.84 Å². The summed E-state index contributed by atoms with van der Waals surface area (Å²) in [5, 5.41) is 15.8. The Balaban J connectivity index is 1.71. The van der Waals surface area contributed by atoms with Crippen LogP contribution in [-0.2, 0) is 6.54 Å². The van der Waals surface area contributed by atoms with Crippen LogP contribution in [0.4, 0.5) is 10.1 Å². The molecule has 0 fully saturated rings. The minimum Gasteiger partial charge on any atom is -0.455 e. The number of nitro groups is 1. The van der Waals surface area contributed by atoms with E-state index in [9.17, 15) is 14.5 Å². The first-order valence-corrected chi connectivity index (χ1v) is 7.96. The van der Waals surface area contributed by atoms with Gasteiger partial charge in [0.1, 0.15) is 17.3 Å². The zero-order valence-corrected chi connectivity index (χ0v) is 14.1. The maximum atomic E-state index is 13.2. The number of nitrogens with zero attached hydrogens (tertiary/aromatic N) is 2. The average molecular weight is 374 g/mol. The molecule has 0 saturated heterocycles. The topological polar surface area (TPSA) is 80.7 Å². The maximum absolute atomic E-state index is 13.2. The molecule has 2 aromatic carbocycles. The highest BCUT2D eigenvalue weighted by molar-refractivity contribution is 6.31. The van der Waals surface area contributed by atoms with Gasteiger partial charge in [-0.1, -0.05) is 29.8 Å². The quantitative estimate of drug-likeness (QED) is 0.383. The zero-order valence-electron chi connectivity index (χ0n) is 13.4. The van der Waals surface area contributed by atoms with Crippen molar-refractivity contribution in [1.29, 1.82) is 0 Å². The fourth-order valence-corrected chi connectivity index (χ4v) is 2.52. The number of rotatable bonds is 6. The molecule has 0 amide bonds. The number of furan rings is 1. The van der Waals surface area contributed by atoms with Gasteiger partial charge in [0.15, 0.2) is 0 Å². The van der Waals surface area contributed by atoms with Crippen molar-refractivity contribution < 1.29 is 13.7 Å². The Hall–Kier alpha value is -3.19. The highest BCUT2D eigenvalue weighted by atomic mass is 35.5. The molecular weight excluding hydrogens is 361 g/mol. The standard InChI is InChI=1S/C18H13ClFN3O3/c19-16-4-2-1-3-12(16)10-21-22-11-14-6-8-18(26-14)15-7-5-13(20)9-17(15)23(24)25/h1-9,11,21H,10H2/b22-11-. The molecule has 8 heteroatoms. The Labute approximate surface area is 153 Å². The average Bonchev–Trinajstić information content (AvgIpc) is 3.08. The third-order valence-electron chi connectivity index (χ3n) is 3.56. The molecular formula is C18H13ClFN3O3. The molecule has 1 heterocycles. The van der Waals surface area contributed by atoms with Gasteiger partial charge in [0.25, 0.3) is 5.69 Å². The minimum atomic E-state index is -0.683. The smallest absolute Gasteiger partial charge is 0.283 e. The lowest BCUT2D eigenvalue weighted by atomic mass is 10.1. The summed E-state index contributed by atoms with van der Waals surface area (Å²) in [4.78, 5) is 10.4. The summed E-state index contributed by atoms with van der Waals surface area (Å²) in [7, 11) is 0. The molecule has 1 aromatic heterocycles. The number of nitrogens with one attached hydrogen (secondary N) is 1.